The predicted molar refractivity (Wildman–Crippen MR) is 77.6 cm³/mol. The molecule has 1 heterocycles. The summed E-state index contributed by atoms with van der Waals surface area (Å²) < 4.78 is 5.91. The standard InChI is InChI=1S/C14H13BrN2O2/c1-9-4-3-5-12(16-9)14(18)17-13-8-10(19-2)6-7-11(13)15/h3-8H,1-2H3,(H,17,18). The number of carbonyl (C=O) groups excluding carboxylic acids is 1. The number of aromatic nitrogens is 1. The van der Waals surface area contributed by atoms with Gasteiger partial charge in [0.25, 0.3) is 5.91 Å². The highest BCUT2D eigenvalue weighted by molar-refractivity contribution is 9.10. The van der Waals surface area contributed by atoms with E-state index in [0.29, 0.717) is 17.1 Å². The second kappa shape index (κ2) is 5.84. The highest BCUT2D eigenvalue weighted by Gasteiger charge is 2.10. The average Bonchev–Trinajstić information content (AvgIpc) is 2.41. The third-order valence-electron chi connectivity index (χ3n) is 2.54. The predicted octanol–water partition coefficient (Wildman–Crippen LogP) is 3.41. The average molecular weight is 321 g/mol. The fourth-order valence-corrected chi connectivity index (χ4v) is 1.93. The molecule has 1 amide bonds. The molecule has 0 saturated heterocycles. The van der Waals surface area contributed by atoms with E-state index in [1.807, 2.05) is 25.1 Å². The van der Waals surface area contributed by atoms with Crippen molar-refractivity contribution < 1.29 is 9.53 Å². The molecule has 98 valence electrons. The van der Waals surface area contributed by atoms with Crippen molar-refractivity contribution in [3.8, 4) is 5.75 Å². The SMILES string of the molecule is COc1ccc(Br)c(NC(=O)c2cccc(C)n2)c1. The third-order valence-corrected chi connectivity index (χ3v) is 3.23. The van der Waals surface area contributed by atoms with Gasteiger partial charge >= 0.3 is 0 Å². The summed E-state index contributed by atoms with van der Waals surface area (Å²) >= 11 is 3.38. The van der Waals surface area contributed by atoms with Crippen LogP contribution in [0.15, 0.2) is 40.9 Å². The van der Waals surface area contributed by atoms with Crippen LogP contribution in [-0.4, -0.2) is 18.0 Å². The highest BCUT2D eigenvalue weighted by atomic mass is 79.9. The van der Waals surface area contributed by atoms with Gasteiger partial charge in [-0.3, -0.25) is 4.79 Å². The number of nitrogens with zero attached hydrogens (tertiary/aromatic N) is 1. The Bertz CT molecular complexity index is 614. The fourth-order valence-electron chi connectivity index (χ4n) is 1.58. The molecule has 0 fully saturated rings. The van der Waals surface area contributed by atoms with Crippen molar-refractivity contribution in [1.82, 2.24) is 4.98 Å². The molecule has 0 unspecified atom stereocenters. The smallest absolute Gasteiger partial charge is 0.274 e. The monoisotopic (exact) mass is 320 g/mol. The largest absolute Gasteiger partial charge is 0.497 e. The van der Waals surface area contributed by atoms with E-state index in [0.717, 1.165) is 10.2 Å². The van der Waals surface area contributed by atoms with Crippen LogP contribution in [0.2, 0.25) is 0 Å². The van der Waals surface area contributed by atoms with Crippen LogP contribution in [0.4, 0.5) is 5.69 Å². The summed E-state index contributed by atoms with van der Waals surface area (Å²) in [6.07, 6.45) is 0. The molecule has 0 saturated carbocycles. The Morgan fingerprint density at radius 1 is 1.32 bits per heavy atom. The molecule has 0 spiro atoms. The zero-order chi connectivity index (χ0) is 13.8. The molecule has 2 rings (SSSR count). The molecule has 1 aromatic carbocycles. The molecule has 1 aromatic heterocycles. The number of pyridine rings is 1. The number of anilines is 1. The Morgan fingerprint density at radius 3 is 2.79 bits per heavy atom. The van der Waals surface area contributed by atoms with E-state index in [4.69, 9.17) is 4.74 Å². The van der Waals surface area contributed by atoms with Crippen molar-refractivity contribution in [2.45, 2.75) is 6.92 Å². The molecule has 4 nitrogen and oxygen atoms in total. The van der Waals surface area contributed by atoms with Crippen LogP contribution < -0.4 is 10.1 Å². The normalized spacial score (nSPS) is 10.1. The Morgan fingerprint density at radius 2 is 2.11 bits per heavy atom. The zero-order valence-electron chi connectivity index (χ0n) is 10.6. The van der Waals surface area contributed by atoms with E-state index in [2.05, 4.69) is 26.2 Å². The van der Waals surface area contributed by atoms with Crippen LogP contribution in [0.3, 0.4) is 0 Å². The number of ether oxygens (including phenoxy) is 1. The first-order valence-corrected chi connectivity index (χ1v) is 6.48. The lowest BCUT2D eigenvalue weighted by atomic mass is 10.2. The molecule has 2 aromatic rings. The molecule has 19 heavy (non-hydrogen) atoms. The van der Waals surface area contributed by atoms with Crippen LogP contribution in [0.1, 0.15) is 16.2 Å². The minimum atomic E-state index is -0.252. The van der Waals surface area contributed by atoms with Gasteiger partial charge < -0.3 is 10.1 Å². The maximum Gasteiger partial charge on any atom is 0.274 e. The minimum absolute atomic E-state index is 0.252. The number of hydrogen-bond donors (Lipinski definition) is 1. The summed E-state index contributed by atoms with van der Waals surface area (Å²) in [4.78, 5) is 16.3. The highest BCUT2D eigenvalue weighted by Crippen LogP contribution is 2.27. The number of halogens is 1. The second-order valence-electron chi connectivity index (χ2n) is 3.96. The number of hydrogen-bond acceptors (Lipinski definition) is 3. The molecule has 0 aliphatic rings. The maximum absolute atomic E-state index is 12.1. The van der Waals surface area contributed by atoms with Crippen LogP contribution in [-0.2, 0) is 0 Å². The lowest BCUT2D eigenvalue weighted by molar-refractivity contribution is 0.102. The van der Waals surface area contributed by atoms with Gasteiger partial charge in [0, 0.05) is 16.2 Å². The molecular formula is C14H13BrN2O2. The number of amides is 1. The summed E-state index contributed by atoms with van der Waals surface area (Å²) in [7, 11) is 1.58. The summed E-state index contributed by atoms with van der Waals surface area (Å²) in [6.45, 7) is 1.85. The molecule has 1 N–H and O–H groups in total. The first-order valence-electron chi connectivity index (χ1n) is 5.68. The molecule has 0 aliphatic carbocycles. The summed E-state index contributed by atoms with van der Waals surface area (Å²) in [5.41, 5.74) is 1.83. The lowest BCUT2D eigenvalue weighted by Crippen LogP contribution is -2.14. The van der Waals surface area contributed by atoms with E-state index in [-0.39, 0.29) is 5.91 Å². The Kier molecular flexibility index (Phi) is 4.16. The zero-order valence-corrected chi connectivity index (χ0v) is 12.2. The lowest BCUT2D eigenvalue weighted by Gasteiger charge is -2.09. The Hall–Kier alpha value is -1.88. The van der Waals surface area contributed by atoms with Gasteiger partial charge in [0.1, 0.15) is 11.4 Å². The molecule has 0 radical (unpaired) electrons. The van der Waals surface area contributed by atoms with Gasteiger partial charge in [0.2, 0.25) is 0 Å². The van der Waals surface area contributed by atoms with Gasteiger partial charge in [-0.2, -0.15) is 0 Å². The number of carbonyl (C=O) groups is 1. The first kappa shape index (κ1) is 13.5. The molecule has 0 atom stereocenters. The number of rotatable bonds is 3. The van der Waals surface area contributed by atoms with Crippen LogP contribution in [0, 0.1) is 6.92 Å². The van der Waals surface area contributed by atoms with Crippen molar-refractivity contribution in [1.29, 1.82) is 0 Å². The number of aryl methyl sites for hydroxylation is 1. The quantitative estimate of drug-likeness (QED) is 0.942. The van der Waals surface area contributed by atoms with Crippen molar-refractivity contribution in [3.63, 3.8) is 0 Å². The van der Waals surface area contributed by atoms with Gasteiger partial charge in [-0.1, -0.05) is 6.07 Å². The van der Waals surface area contributed by atoms with Gasteiger partial charge in [-0.05, 0) is 47.1 Å². The van der Waals surface area contributed by atoms with Crippen LogP contribution in [0.25, 0.3) is 0 Å². The van der Waals surface area contributed by atoms with Crippen molar-refractivity contribution in [3.05, 3.63) is 52.3 Å². The van der Waals surface area contributed by atoms with Crippen molar-refractivity contribution >= 4 is 27.5 Å². The Balaban J connectivity index is 2.23. The summed E-state index contributed by atoms with van der Waals surface area (Å²) in [5, 5.41) is 2.80. The first-order chi connectivity index (χ1) is 9.10. The second-order valence-corrected chi connectivity index (χ2v) is 4.82. The molecule has 0 aliphatic heterocycles. The molecular weight excluding hydrogens is 308 g/mol. The van der Waals surface area contributed by atoms with E-state index in [1.165, 1.54) is 0 Å². The van der Waals surface area contributed by atoms with Gasteiger partial charge in [0.05, 0.1) is 12.8 Å². The topological polar surface area (TPSA) is 51.2 Å². The van der Waals surface area contributed by atoms with E-state index >= 15 is 0 Å². The number of benzene rings is 1. The summed E-state index contributed by atoms with van der Waals surface area (Å²) in [5.74, 6) is 0.424. The van der Waals surface area contributed by atoms with Crippen molar-refractivity contribution in [2.75, 3.05) is 12.4 Å². The van der Waals surface area contributed by atoms with Gasteiger partial charge in [-0.15, -0.1) is 0 Å². The van der Waals surface area contributed by atoms with E-state index < -0.39 is 0 Å². The van der Waals surface area contributed by atoms with Gasteiger partial charge in [0.15, 0.2) is 0 Å². The maximum atomic E-state index is 12.1. The number of methoxy groups -OCH3 is 1. The minimum Gasteiger partial charge on any atom is -0.497 e. The Labute approximate surface area is 119 Å². The number of nitrogens with one attached hydrogen (secondary N) is 1. The fraction of sp³-hybridized carbons (Fsp3) is 0.143. The van der Waals surface area contributed by atoms with Crippen molar-refractivity contribution in [2.24, 2.45) is 0 Å². The molecule has 0 bridgehead atoms. The molecule has 5 heteroatoms. The third kappa shape index (κ3) is 3.32. The summed E-state index contributed by atoms with van der Waals surface area (Å²) in [6, 6.07) is 10.7. The van der Waals surface area contributed by atoms with Gasteiger partial charge in [-0.25, -0.2) is 4.98 Å². The van der Waals surface area contributed by atoms with E-state index in [9.17, 15) is 4.79 Å². The van der Waals surface area contributed by atoms with Crippen LogP contribution >= 0.6 is 15.9 Å². The van der Waals surface area contributed by atoms with Crippen LogP contribution in [0.5, 0.6) is 5.75 Å². The van der Waals surface area contributed by atoms with E-state index in [1.54, 1.807) is 25.3 Å².